The molecule has 7 heteroatoms. The van der Waals surface area contributed by atoms with Crippen molar-refractivity contribution in [2.75, 3.05) is 18.2 Å². The number of nitrogens with zero attached hydrogens (tertiary/aromatic N) is 3. The molecule has 1 N–H and O–H groups in total. The van der Waals surface area contributed by atoms with Crippen LogP contribution in [0.15, 0.2) is 73.1 Å². The highest BCUT2D eigenvalue weighted by Gasteiger charge is 2.27. The molecule has 7 nitrogen and oxygen atoms in total. The van der Waals surface area contributed by atoms with Crippen molar-refractivity contribution in [3.63, 3.8) is 0 Å². The van der Waals surface area contributed by atoms with Gasteiger partial charge in [-0.05, 0) is 73.1 Å². The SMILES string of the molecule is CC(=O)N(CCC1CCCc2c(OCC(=O)O)cccc21)N(c1ccccc1)c1cccnc1. The standard InChI is InChI=1S/C27H29N3O4/c1-20(31)29(30(22-9-3-2-4-10-22)23-11-7-16-28-18-23)17-15-21-8-5-13-25-24(21)12-6-14-26(25)34-19-27(32)33/h2-4,6-7,9-12,14,16,18,21H,5,8,13,15,17,19H2,1H3,(H,32,33). The van der Waals surface area contributed by atoms with E-state index in [-0.39, 0.29) is 18.4 Å². The number of para-hydroxylation sites is 1. The Morgan fingerprint density at radius 2 is 1.85 bits per heavy atom. The third-order valence-corrected chi connectivity index (χ3v) is 6.13. The number of fused-ring (bicyclic) bond motifs is 1. The zero-order valence-electron chi connectivity index (χ0n) is 19.3. The molecule has 3 aromatic rings. The molecule has 1 unspecified atom stereocenters. The third kappa shape index (κ3) is 5.36. The third-order valence-electron chi connectivity index (χ3n) is 6.13. The quantitative estimate of drug-likeness (QED) is 0.456. The minimum absolute atomic E-state index is 0.0534. The number of pyridine rings is 1. The Morgan fingerprint density at radius 3 is 2.56 bits per heavy atom. The minimum Gasteiger partial charge on any atom is -0.482 e. The molecule has 0 saturated heterocycles. The average Bonchev–Trinajstić information content (AvgIpc) is 2.86. The summed E-state index contributed by atoms with van der Waals surface area (Å²) in [7, 11) is 0. The molecule has 0 spiro atoms. The average molecular weight is 460 g/mol. The lowest BCUT2D eigenvalue weighted by Crippen LogP contribution is -2.44. The first-order chi connectivity index (χ1) is 16.5. The fourth-order valence-corrected chi connectivity index (χ4v) is 4.64. The number of ether oxygens (including phenoxy) is 1. The van der Waals surface area contributed by atoms with E-state index in [1.807, 2.05) is 59.6 Å². The summed E-state index contributed by atoms with van der Waals surface area (Å²) in [5.41, 5.74) is 3.98. The van der Waals surface area contributed by atoms with Gasteiger partial charge in [0, 0.05) is 19.7 Å². The van der Waals surface area contributed by atoms with Gasteiger partial charge in [-0.1, -0.05) is 30.3 Å². The molecule has 1 aromatic heterocycles. The lowest BCUT2D eigenvalue weighted by molar-refractivity contribution is -0.139. The van der Waals surface area contributed by atoms with Crippen molar-refractivity contribution in [3.8, 4) is 5.75 Å². The van der Waals surface area contributed by atoms with Crippen LogP contribution in [-0.4, -0.2) is 40.1 Å². The van der Waals surface area contributed by atoms with Crippen LogP contribution >= 0.6 is 0 Å². The highest BCUT2D eigenvalue weighted by Crippen LogP contribution is 2.39. The maximum Gasteiger partial charge on any atom is 0.341 e. The van der Waals surface area contributed by atoms with Gasteiger partial charge in [0.1, 0.15) is 5.75 Å². The van der Waals surface area contributed by atoms with E-state index in [4.69, 9.17) is 9.84 Å². The number of aromatic nitrogens is 1. The number of hydrazine groups is 1. The van der Waals surface area contributed by atoms with Crippen molar-refractivity contribution in [2.45, 2.75) is 38.5 Å². The maximum atomic E-state index is 12.8. The van der Waals surface area contributed by atoms with Gasteiger partial charge in [-0.25, -0.2) is 14.8 Å². The van der Waals surface area contributed by atoms with Crippen molar-refractivity contribution in [1.82, 2.24) is 9.99 Å². The van der Waals surface area contributed by atoms with Crippen molar-refractivity contribution < 1.29 is 19.4 Å². The second-order valence-corrected chi connectivity index (χ2v) is 8.38. The van der Waals surface area contributed by atoms with Crippen LogP contribution in [0.4, 0.5) is 11.4 Å². The Kier molecular flexibility index (Phi) is 7.42. The largest absolute Gasteiger partial charge is 0.482 e. The van der Waals surface area contributed by atoms with Crippen molar-refractivity contribution >= 4 is 23.3 Å². The van der Waals surface area contributed by atoms with Gasteiger partial charge in [-0.3, -0.25) is 9.78 Å². The number of hydrogen-bond acceptors (Lipinski definition) is 5. The van der Waals surface area contributed by atoms with E-state index in [0.717, 1.165) is 42.6 Å². The highest BCUT2D eigenvalue weighted by molar-refractivity contribution is 5.78. The van der Waals surface area contributed by atoms with Gasteiger partial charge in [0.05, 0.1) is 17.6 Å². The van der Waals surface area contributed by atoms with E-state index >= 15 is 0 Å². The number of aliphatic carboxylic acids is 1. The Bertz CT molecular complexity index is 1080. The summed E-state index contributed by atoms with van der Waals surface area (Å²) in [6.07, 6.45) is 7.12. The number of carboxylic acids is 1. The van der Waals surface area contributed by atoms with E-state index in [1.54, 1.807) is 24.3 Å². The lowest BCUT2D eigenvalue weighted by atomic mass is 9.80. The van der Waals surface area contributed by atoms with Crippen LogP contribution in [0.5, 0.6) is 5.75 Å². The van der Waals surface area contributed by atoms with E-state index in [0.29, 0.717) is 12.3 Å². The Labute approximate surface area is 199 Å². The number of rotatable bonds is 9. The number of carboxylic acid groups (broad SMARTS) is 1. The van der Waals surface area contributed by atoms with E-state index in [2.05, 4.69) is 11.1 Å². The fraction of sp³-hybridized carbons (Fsp3) is 0.296. The lowest BCUT2D eigenvalue weighted by Gasteiger charge is -2.37. The van der Waals surface area contributed by atoms with Gasteiger partial charge in [-0.2, -0.15) is 0 Å². The monoisotopic (exact) mass is 459 g/mol. The van der Waals surface area contributed by atoms with Crippen LogP contribution in [0.2, 0.25) is 0 Å². The van der Waals surface area contributed by atoms with Crippen LogP contribution in [-0.2, 0) is 16.0 Å². The van der Waals surface area contributed by atoms with Gasteiger partial charge >= 0.3 is 5.97 Å². The molecular formula is C27H29N3O4. The summed E-state index contributed by atoms with van der Waals surface area (Å²) in [5.74, 6) is -0.138. The number of anilines is 2. The topological polar surface area (TPSA) is 83.0 Å². The smallest absolute Gasteiger partial charge is 0.341 e. The minimum atomic E-state index is -0.988. The molecule has 4 rings (SSSR count). The van der Waals surface area contributed by atoms with Crippen LogP contribution in [0, 0.1) is 0 Å². The van der Waals surface area contributed by atoms with Crippen LogP contribution < -0.4 is 9.75 Å². The molecule has 0 radical (unpaired) electrons. The molecule has 1 aliphatic rings. The van der Waals surface area contributed by atoms with Gasteiger partial charge in [0.15, 0.2) is 6.61 Å². The summed E-state index contributed by atoms with van der Waals surface area (Å²) >= 11 is 0. The number of carbonyl (C=O) groups excluding carboxylic acids is 1. The number of amides is 1. The summed E-state index contributed by atoms with van der Waals surface area (Å²) < 4.78 is 5.55. The summed E-state index contributed by atoms with van der Waals surface area (Å²) in [6.45, 7) is 1.76. The molecule has 0 aliphatic heterocycles. The molecule has 1 aliphatic carbocycles. The summed E-state index contributed by atoms with van der Waals surface area (Å²) in [6, 6.07) is 19.5. The van der Waals surface area contributed by atoms with Crippen molar-refractivity contribution in [2.24, 2.45) is 0 Å². The van der Waals surface area contributed by atoms with Crippen molar-refractivity contribution in [1.29, 1.82) is 0 Å². The molecule has 176 valence electrons. The number of benzene rings is 2. The predicted octanol–water partition coefficient (Wildman–Crippen LogP) is 4.96. The van der Waals surface area contributed by atoms with E-state index < -0.39 is 5.97 Å². The van der Waals surface area contributed by atoms with Gasteiger partial charge in [-0.15, -0.1) is 0 Å². The Morgan fingerprint density at radius 1 is 1.06 bits per heavy atom. The normalized spacial score (nSPS) is 14.7. The molecule has 0 saturated carbocycles. The summed E-state index contributed by atoms with van der Waals surface area (Å²) in [4.78, 5) is 28.1. The zero-order chi connectivity index (χ0) is 23.9. The fourth-order valence-electron chi connectivity index (χ4n) is 4.64. The predicted molar refractivity (Wildman–Crippen MR) is 130 cm³/mol. The highest BCUT2D eigenvalue weighted by atomic mass is 16.5. The molecule has 34 heavy (non-hydrogen) atoms. The van der Waals surface area contributed by atoms with E-state index in [1.165, 1.54) is 5.56 Å². The van der Waals surface area contributed by atoms with Crippen LogP contribution in [0.3, 0.4) is 0 Å². The molecular weight excluding hydrogens is 430 g/mol. The first-order valence-corrected chi connectivity index (χ1v) is 11.5. The zero-order valence-corrected chi connectivity index (χ0v) is 19.3. The molecule has 1 atom stereocenters. The number of carbonyl (C=O) groups is 2. The number of hydrogen-bond donors (Lipinski definition) is 1. The van der Waals surface area contributed by atoms with E-state index in [9.17, 15) is 9.59 Å². The maximum absolute atomic E-state index is 12.8. The van der Waals surface area contributed by atoms with Crippen LogP contribution in [0.1, 0.15) is 43.2 Å². The molecule has 0 fully saturated rings. The Balaban J connectivity index is 1.58. The molecule has 1 heterocycles. The molecule has 0 bridgehead atoms. The van der Waals surface area contributed by atoms with Gasteiger partial charge in [0.25, 0.3) is 0 Å². The second kappa shape index (κ2) is 10.8. The van der Waals surface area contributed by atoms with Gasteiger partial charge in [0.2, 0.25) is 5.91 Å². The summed E-state index contributed by atoms with van der Waals surface area (Å²) in [5, 5.41) is 12.7. The molecule has 1 amide bonds. The first kappa shape index (κ1) is 23.3. The van der Waals surface area contributed by atoms with Crippen molar-refractivity contribution in [3.05, 3.63) is 84.2 Å². The van der Waals surface area contributed by atoms with Gasteiger partial charge < -0.3 is 9.84 Å². The first-order valence-electron chi connectivity index (χ1n) is 11.5. The Hall–Kier alpha value is -3.87. The molecule has 2 aromatic carbocycles. The van der Waals surface area contributed by atoms with Crippen LogP contribution in [0.25, 0.3) is 0 Å². The second-order valence-electron chi connectivity index (χ2n) is 8.38.